The number of nitrogens with two attached hydrogens (primary N) is 1. The Bertz CT molecular complexity index is 964. The second kappa shape index (κ2) is 7.50. The molecule has 27 heavy (non-hydrogen) atoms. The van der Waals surface area contributed by atoms with Crippen molar-refractivity contribution in [3.8, 4) is 11.1 Å². The Morgan fingerprint density at radius 2 is 1.67 bits per heavy atom. The molecule has 1 aliphatic heterocycles. The maximum Gasteiger partial charge on any atom is 0.314 e. The summed E-state index contributed by atoms with van der Waals surface area (Å²) >= 11 is 0. The molecule has 1 atom stereocenters. The van der Waals surface area contributed by atoms with E-state index in [1.807, 2.05) is 24.3 Å². The van der Waals surface area contributed by atoms with Gasteiger partial charge in [0, 0.05) is 0 Å². The summed E-state index contributed by atoms with van der Waals surface area (Å²) in [5.41, 5.74) is 2.69. The van der Waals surface area contributed by atoms with Gasteiger partial charge >= 0.3 is 5.97 Å². The molecule has 0 spiro atoms. The van der Waals surface area contributed by atoms with Crippen molar-refractivity contribution in [3.63, 3.8) is 0 Å². The monoisotopic (exact) mass is 388 g/mol. The summed E-state index contributed by atoms with van der Waals surface area (Å²) in [6.07, 6.45) is 0.0831. The molecule has 0 saturated heterocycles. The van der Waals surface area contributed by atoms with Crippen LogP contribution in [0.15, 0.2) is 58.6 Å². The molecular formula is C19H20N2O5S. The molecule has 2 N–H and O–H groups in total. The van der Waals surface area contributed by atoms with Gasteiger partial charge in [-0.2, -0.15) is 0 Å². The van der Waals surface area contributed by atoms with Crippen LogP contribution in [-0.4, -0.2) is 20.3 Å². The van der Waals surface area contributed by atoms with E-state index in [1.165, 1.54) is 12.1 Å². The summed E-state index contributed by atoms with van der Waals surface area (Å²) in [7, 11) is -3.70. The average Bonchev–Trinajstić information content (AvgIpc) is 3.09. The van der Waals surface area contributed by atoms with Crippen LogP contribution in [0, 0.1) is 5.92 Å². The van der Waals surface area contributed by atoms with Gasteiger partial charge in [-0.3, -0.25) is 4.79 Å². The highest BCUT2D eigenvalue weighted by Gasteiger charge is 2.26. The highest BCUT2D eigenvalue weighted by atomic mass is 32.2. The molecule has 0 bridgehead atoms. The van der Waals surface area contributed by atoms with Crippen molar-refractivity contribution in [2.24, 2.45) is 16.2 Å². The molecule has 2 aromatic rings. The number of hydrogen-bond donors (Lipinski definition) is 1. The zero-order valence-corrected chi connectivity index (χ0v) is 15.8. The van der Waals surface area contributed by atoms with E-state index in [4.69, 9.17) is 14.7 Å². The molecule has 7 nitrogen and oxygen atoms in total. The average molecular weight is 388 g/mol. The van der Waals surface area contributed by atoms with Gasteiger partial charge < -0.3 is 9.57 Å². The van der Waals surface area contributed by atoms with E-state index < -0.39 is 10.0 Å². The van der Waals surface area contributed by atoms with Crippen molar-refractivity contribution >= 4 is 21.9 Å². The number of ether oxygens (including phenoxy) is 1. The van der Waals surface area contributed by atoms with Crippen molar-refractivity contribution < 1.29 is 22.8 Å². The zero-order chi connectivity index (χ0) is 19.6. The van der Waals surface area contributed by atoms with E-state index in [2.05, 4.69) is 5.16 Å². The van der Waals surface area contributed by atoms with Gasteiger partial charge in [-0.25, -0.2) is 13.6 Å². The maximum absolute atomic E-state index is 11.6. The van der Waals surface area contributed by atoms with Gasteiger partial charge in [0.25, 0.3) is 0 Å². The molecule has 142 valence electrons. The molecule has 0 aliphatic carbocycles. The molecule has 0 radical (unpaired) electrons. The Hall–Kier alpha value is -2.71. The van der Waals surface area contributed by atoms with Gasteiger partial charge in [-0.05, 0) is 28.8 Å². The highest BCUT2D eigenvalue weighted by Crippen LogP contribution is 2.30. The lowest BCUT2D eigenvalue weighted by Crippen LogP contribution is -2.16. The quantitative estimate of drug-likeness (QED) is 0.810. The number of rotatable bonds is 4. The molecule has 3 rings (SSSR count). The molecule has 0 aromatic heterocycles. The largest absolute Gasteiger partial charge is 0.408 e. The molecule has 1 unspecified atom stereocenters. The number of oxime groups is 1. The number of carbonyl (C=O) groups is 1. The van der Waals surface area contributed by atoms with E-state index in [0.717, 1.165) is 16.7 Å². The predicted molar refractivity (Wildman–Crippen MR) is 100 cm³/mol. The summed E-state index contributed by atoms with van der Waals surface area (Å²) in [4.78, 5) is 17.1. The summed E-state index contributed by atoms with van der Waals surface area (Å²) in [6, 6.07) is 14.0. The summed E-state index contributed by atoms with van der Waals surface area (Å²) < 4.78 is 27.8. The first-order valence-corrected chi connectivity index (χ1v) is 9.96. The summed E-state index contributed by atoms with van der Waals surface area (Å²) in [6.45, 7) is 3.51. The van der Waals surface area contributed by atoms with Gasteiger partial charge in [0.05, 0.1) is 17.2 Å². The number of carbonyl (C=O) groups excluding carboxylic acids is 1. The van der Waals surface area contributed by atoms with Crippen LogP contribution >= 0.6 is 0 Å². The van der Waals surface area contributed by atoms with Crippen LogP contribution in [0.2, 0.25) is 0 Å². The van der Waals surface area contributed by atoms with Crippen LogP contribution in [0.1, 0.15) is 31.9 Å². The van der Waals surface area contributed by atoms with E-state index in [-0.39, 0.29) is 28.8 Å². The topological polar surface area (TPSA) is 108 Å². The summed E-state index contributed by atoms with van der Waals surface area (Å²) in [5, 5.41) is 8.94. The molecule has 2 aromatic carbocycles. The van der Waals surface area contributed by atoms with Crippen molar-refractivity contribution in [1.29, 1.82) is 0 Å². The van der Waals surface area contributed by atoms with Gasteiger partial charge in [0.1, 0.15) is 0 Å². The van der Waals surface area contributed by atoms with E-state index in [1.54, 1.807) is 26.0 Å². The molecule has 8 heteroatoms. The number of benzene rings is 2. The third kappa shape index (κ3) is 4.53. The molecular weight excluding hydrogens is 368 g/mol. The molecule has 0 saturated carbocycles. The molecule has 1 heterocycles. The van der Waals surface area contributed by atoms with Gasteiger partial charge in [0.2, 0.25) is 15.9 Å². The number of hydrogen-bond acceptors (Lipinski definition) is 6. The van der Waals surface area contributed by atoms with Crippen LogP contribution in [0.4, 0.5) is 0 Å². The number of primary sulfonamides is 1. The first-order valence-electron chi connectivity index (χ1n) is 8.41. The standard InChI is InChI=1S/C19H20N2O5S/c1-12(2)19(22)25-18-11-17(26-21-18)15-5-3-13(4-6-15)14-7-9-16(10-8-14)27(20,23)24/h3-10,12,17H,11H2,1-2H3,(H2,20,23,24). The molecule has 0 fully saturated rings. The maximum atomic E-state index is 11.6. The van der Waals surface area contributed by atoms with E-state index in [0.29, 0.717) is 6.42 Å². The minimum Gasteiger partial charge on any atom is -0.408 e. The lowest BCUT2D eigenvalue weighted by atomic mass is 10.0. The number of esters is 1. The van der Waals surface area contributed by atoms with Gasteiger partial charge in [-0.15, -0.1) is 0 Å². The van der Waals surface area contributed by atoms with Crippen molar-refractivity contribution in [2.75, 3.05) is 0 Å². The Morgan fingerprint density at radius 3 is 2.19 bits per heavy atom. The van der Waals surface area contributed by atoms with Crippen molar-refractivity contribution in [1.82, 2.24) is 0 Å². The Labute approximate surface area is 157 Å². The van der Waals surface area contributed by atoms with Crippen LogP contribution in [-0.2, 0) is 24.4 Å². The van der Waals surface area contributed by atoms with E-state index >= 15 is 0 Å². The van der Waals surface area contributed by atoms with E-state index in [9.17, 15) is 13.2 Å². The van der Waals surface area contributed by atoms with Crippen molar-refractivity contribution in [2.45, 2.75) is 31.3 Å². The molecule has 0 amide bonds. The lowest BCUT2D eigenvalue weighted by Gasteiger charge is -2.10. The van der Waals surface area contributed by atoms with Gasteiger partial charge in [-0.1, -0.05) is 55.4 Å². The number of sulfonamides is 1. The van der Waals surface area contributed by atoms with Crippen LogP contribution in [0.3, 0.4) is 0 Å². The summed E-state index contributed by atoms with van der Waals surface area (Å²) in [5.74, 6) is -0.288. The first-order chi connectivity index (χ1) is 12.7. The van der Waals surface area contributed by atoms with Crippen molar-refractivity contribution in [3.05, 3.63) is 54.1 Å². The third-order valence-electron chi connectivity index (χ3n) is 4.13. The Morgan fingerprint density at radius 1 is 1.11 bits per heavy atom. The Balaban J connectivity index is 1.67. The fourth-order valence-electron chi connectivity index (χ4n) is 2.56. The van der Waals surface area contributed by atoms with Crippen LogP contribution in [0.25, 0.3) is 11.1 Å². The van der Waals surface area contributed by atoms with Crippen LogP contribution in [0.5, 0.6) is 0 Å². The first kappa shape index (κ1) is 19.1. The SMILES string of the molecule is CC(C)C(=O)OC1=NOC(c2ccc(-c3ccc(S(N)(=O)=O)cc3)cc2)C1. The predicted octanol–water partition coefficient (Wildman–Crippen LogP) is 2.98. The minimum atomic E-state index is -3.70. The minimum absolute atomic E-state index is 0.0721. The number of nitrogens with zero attached hydrogens (tertiary/aromatic N) is 1. The molecule has 1 aliphatic rings. The zero-order valence-electron chi connectivity index (χ0n) is 15.0. The normalized spacial score (nSPS) is 16.7. The fraction of sp³-hybridized carbons (Fsp3) is 0.263. The van der Waals surface area contributed by atoms with Gasteiger partial charge in [0.15, 0.2) is 6.10 Å². The van der Waals surface area contributed by atoms with Crippen LogP contribution < -0.4 is 5.14 Å². The lowest BCUT2D eigenvalue weighted by molar-refractivity contribution is -0.139. The smallest absolute Gasteiger partial charge is 0.314 e. The third-order valence-corrected chi connectivity index (χ3v) is 5.06. The highest BCUT2D eigenvalue weighted by molar-refractivity contribution is 7.89. The second-order valence-corrected chi connectivity index (χ2v) is 8.11. The second-order valence-electron chi connectivity index (χ2n) is 6.55. The fourth-order valence-corrected chi connectivity index (χ4v) is 3.07. The Kier molecular flexibility index (Phi) is 5.29.